The van der Waals surface area contributed by atoms with E-state index >= 15 is 0 Å². The van der Waals surface area contributed by atoms with Crippen LogP contribution in [0.5, 0.6) is 0 Å². The maximum Gasteiger partial charge on any atom is 0.321 e. The standard InChI is InChI=1S/C14H16ClIN2O3/c1-14(12(19)20)5-2-6-18(8-14)13(21)17-11-4-3-9(15)7-10(11)16/h3-4,7H,2,5-6,8H2,1H3,(H,17,21)(H,19,20). The van der Waals surface area contributed by atoms with Gasteiger partial charge in [-0.15, -0.1) is 0 Å². The summed E-state index contributed by atoms with van der Waals surface area (Å²) >= 11 is 7.98. The third kappa shape index (κ3) is 3.79. The molecule has 0 aromatic heterocycles. The van der Waals surface area contributed by atoms with Crippen molar-refractivity contribution in [3.8, 4) is 0 Å². The number of halogens is 2. The number of carboxylic acids is 1. The smallest absolute Gasteiger partial charge is 0.321 e. The maximum atomic E-state index is 12.3. The van der Waals surface area contributed by atoms with E-state index in [1.54, 1.807) is 30.0 Å². The summed E-state index contributed by atoms with van der Waals surface area (Å²) in [6.45, 7) is 2.47. The number of nitrogens with one attached hydrogen (secondary N) is 1. The molecule has 1 aromatic carbocycles. The molecular weight excluding hydrogens is 407 g/mol. The first-order valence-corrected chi connectivity index (χ1v) is 8.02. The summed E-state index contributed by atoms with van der Waals surface area (Å²) in [6.07, 6.45) is 1.28. The summed E-state index contributed by atoms with van der Waals surface area (Å²) in [5.74, 6) is -0.860. The van der Waals surface area contributed by atoms with Gasteiger partial charge in [0.1, 0.15) is 0 Å². The monoisotopic (exact) mass is 422 g/mol. The molecule has 0 aliphatic carbocycles. The lowest BCUT2D eigenvalue weighted by Gasteiger charge is -2.37. The van der Waals surface area contributed by atoms with Crippen LogP contribution in [0.1, 0.15) is 19.8 Å². The number of benzene rings is 1. The van der Waals surface area contributed by atoms with Gasteiger partial charge in [0, 0.05) is 21.7 Å². The zero-order chi connectivity index (χ0) is 15.6. The molecule has 0 spiro atoms. The van der Waals surface area contributed by atoms with E-state index in [4.69, 9.17) is 11.6 Å². The van der Waals surface area contributed by atoms with Gasteiger partial charge in [0.05, 0.1) is 11.1 Å². The minimum absolute atomic E-state index is 0.221. The van der Waals surface area contributed by atoms with Crippen molar-refractivity contribution in [2.24, 2.45) is 5.41 Å². The third-order valence-corrected chi connectivity index (χ3v) is 4.80. The molecule has 2 rings (SSSR count). The van der Waals surface area contributed by atoms with E-state index < -0.39 is 11.4 Å². The Morgan fingerprint density at radius 3 is 2.81 bits per heavy atom. The van der Waals surface area contributed by atoms with Crippen molar-refractivity contribution in [1.29, 1.82) is 0 Å². The average Bonchev–Trinajstić information content (AvgIpc) is 2.41. The highest BCUT2D eigenvalue weighted by atomic mass is 127. The molecule has 2 amide bonds. The van der Waals surface area contributed by atoms with E-state index in [9.17, 15) is 14.7 Å². The van der Waals surface area contributed by atoms with Crippen molar-refractivity contribution in [2.75, 3.05) is 18.4 Å². The Morgan fingerprint density at radius 2 is 2.19 bits per heavy atom. The molecule has 7 heteroatoms. The molecule has 1 fully saturated rings. The predicted octanol–water partition coefficient (Wildman–Crippen LogP) is 3.66. The first kappa shape index (κ1) is 16.4. The fourth-order valence-electron chi connectivity index (χ4n) is 2.37. The molecule has 21 heavy (non-hydrogen) atoms. The van der Waals surface area contributed by atoms with Gasteiger partial charge in [-0.25, -0.2) is 4.79 Å². The molecule has 1 unspecified atom stereocenters. The van der Waals surface area contributed by atoms with Gasteiger partial charge in [0.25, 0.3) is 0 Å². The number of anilines is 1. The molecule has 114 valence electrons. The van der Waals surface area contributed by atoms with Crippen molar-refractivity contribution in [1.82, 2.24) is 4.90 Å². The summed E-state index contributed by atoms with van der Waals surface area (Å²) in [4.78, 5) is 25.2. The second-order valence-corrected chi connectivity index (χ2v) is 7.04. The normalized spacial score (nSPS) is 22.0. The topological polar surface area (TPSA) is 69.6 Å². The minimum Gasteiger partial charge on any atom is -0.481 e. The van der Waals surface area contributed by atoms with Crippen molar-refractivity contribution in [3.05, 3.63) is 26.8 Å². The zero-order valence-electron chi connectivity index (χ0n) is 11.5. The third-order valence-electron chi connectivity index (χ3n) is 3.67. The summed E-state index contributed by atoms with van der Waals surface area (Å²) in [6, 6.07) is 4.93. The number of hydrogen-bond acceptors (Lipinski definition) is 2. The lowest BCUT2D eigenvalue weighted by atomic mass is 9.82. The summed E-state index contributed by atoms with van der Waals surface area (Å²) in [7, 11) is 0. The number of likely N-dealkylation sites (tertiary alicyclic amines) is 1. The fraction of sp³-hybridized carbons (Fsp3) is 0.429. The largest absolute Gasteiger partial charge is 0.481 e. The van der Waals surface area contributed by atoms with Crippen LogP contribution in [0.25, 0.3) is 0 Å². The molecule has 1 heterocycles. The van der Waals surface area contributed by atoms with Gasteiger partial charge < -0.3 is 15.3 Å². The molecule has 5 nitrogen and oxygen atoms in total. The molecule has 1 aromatic rings. The van der Waals surface area contributed by atoms with Gasteiger partial charge in [0.15, 0.2) is 0 Å². The lowest BCUT2D eigenvalue weighted by molar-refractivity contribution is -0.150. The fourth-order valence-corrected chi connectivity index (χ4v) is 3.38. The number of hydrogen-bond donors (Lipinski definition) is 2. The van der Waals surface area contributed by atoms with E-state index in [0.717, 1.165) is 3.57 Å². The number of nitrogens with zero attached hydrogens (tertiary/aromatic N) is 1. The van der Waals surface area contributed by atoms with E-state index in [0.29, 0.717) is 30.1 Å². The first-order valence-electron chi connectivity index (χ1n) is 6.56. The van der Waals surface area contributed by atoms with Crippen molar-refractivity contribution >= 4 is 51.9 Å². The molecule has 1 atom stereocenters. The van der Waals surface area contributed by atoms with Gasteiger partial charge >= 0.3 is 12.0 Å². The SMILES string of the molecule is CC1(C(=O)O)CCCN(C(=O)Nc2ccc(Cl)cc2I)C1. The summed E-state index contributed by atoms with van der Waals surface area (Å²) < 4.78 is 0.839. The van der Waals surface area contributed by atoms with Crippen LogP contribution in [-0.4, -0.2) is 35.1 Å². The molecule has 2 N–H and O–H groups in total. The van der Waals surface area contributed by atoms with Crippen LogP contribution in [0.15, 0.2) is 18.2 Å². The van der Waals surface area contributed by atoms with Gasteiger partial charge in [-0.1, -0.05) is 11.6 Å². The quantitative estimate of drug-likeness (QED) is 0.715. The van der Waals surface area contributed by atoms with Crippen LogP contribution in [0.2, 0.25) is 5.02 Å². The van der Waals surface area contributed by atoms with Gasteiger partial charge in [0.2, 0.25) is 0 Å². The van der Waals surface area contributed by atoms with Crippen molar-refractivity contribution in [3.63, 3.8) is 0 Å². The van der Waals surface area contributed by atoms with Crippen LogP contribution < -0.4 is 5.32 Å². The Labute approximate surface area is 141 Å². The molecule has 1 saturated heterocycles. The van der Waals surface area contributed by atoms with E-state index in [2.05, 4.69) is 27.9 Å². The molecular formula is C14H16ClIN2O3. The number of carboxylic acid groups (broad SMARTS) is 1. The Balaban J connectivity index is 2.08. The van der Waals surface area contributed by atoms with Crippen LogP contribution in [0, 0.1) is 8.99 Å². The second-order valence-electron chi connectivity index (χ2n) is 5.45. The summed E-state index contributed by atoms with van der Waals surface area (Å²) in [5.41, 5.74) is -0.199. The number of rotatable bonds is 2. The average molecular weight is 423 g/mol. The lowest BCUT2D eigenvalue weighted by Crippen LogP contribution is -2.49. The minimum atomic E-state index is -0.872. The molecule has 0 radical (unpaired) electrons. The number of amides is 2. The van der Waals surface area contributed by atoms with Gasteiger partial charge in [-0.2, -0.15) is 0 Å². The van der Waals surface area contributed by atoms with Crippen LogP contribution in [0.4, 0.5) is 10.5 Å². The number of urea groups is 1. The van der Waals surface area contributed by atoms with Crippen molar-refractivity contribution < 1.29 is 14.7 Å². The molecule has 0 bridgehead atoms. The first-order chi connectivity index (χ1) is 9.82. The number of carbonyl (C=O) groups excluding carboxylic acids is 1. The Hall–Kier alpha value is -1.02. The highest BCUT2D eigenvalue weighted by Crippen LogP contribution is 2.30. The number of aliphatic carboxylic acids is 1. The van der Waals surface area contributed by atoms with E-state index in [1.165, 1.54) is 0 Å². The van der Waals surface area contributed by atoms with E-state index in [-0.39, 0.29) is 12.6 Å². The van der Waals surface area contributed by atoms with Crippen molar-refractivity contribution in [2.45, 2.75) is 19.8 Å². The summed E-state index contributed by atoms with van der Waals surface area (Å²) in [5, 5.41) is 12.7. The second kappa shape index (κ2) is 6.39. The Morgan fingerprint density at radius 1 is 1.48 bits per heavy atom. The highest BCUT2D eigenvalue weighted by molar-refractivity contribution is 14.1. The highest BCUT2D eigenvalue weighted by Gasteiger charge is 2.39. The van der Waals surface area contributed by atoms with Crippen LogP contribution in [0.3, 0.4) is 0 Å². The molecule has 0 saturated carbocycles. The predicted molar refractivity (Wildman–Crippen MR) is 89.7 cm³/mol. The van der Waals surface area contributed by atoms with Crippen LogP contribution in [-0.2, 0) is 4.79 Å². The van der Waals surface area contributed by atoms with Gasteiger partial charge in [-0.05, 0) is 60.6 Å². The molecule has 1 aliphatic heterocycles. The number of carbonyl (C=O) groups is 2. The maximum absolute atomic E-state index is 12.3. The Bertz CT molecular complexity index is 581. The van der Waals surface area contributed by atoms with Gasteiger partial charge in [-0.3, -0.25) is 4.79 Å². The molecule has 1 aliphatic rings. The van der Waals surface area contributed by atoms with E-state index in [1.807, 2.05) is 0 Å². The number of piperidine rings is 1. The Kier molecular flexibility index (Phi) is 4.98. The zero-order valence-corrected chi connectivity index (χ0v) is 14.4. The van der Waals surface area contributed by atoms with Crippen LogP contribution >= 0.6 is 34.2 Å².